The summed E-state index contributed by atoms with van der Waals surface area (Å²) >= 11 is 0. The highest BCUT2D eigenvalue weighted by atomic mass is 19.3. The van der Waals surface area contributed by atoms with Crippen molar-refractivity contribution in [3.8, 4) is 0 Å². The molecule has 3 fully saturated rings. The number of hydrogen-bond donors (Lipinski definition) is 1. The molecule has 7 heteroatoms. The first-order chi connectivity index (χ1) is 11.6. The zero-order valence-corrected chi connectivity index (χ0v) is 15.6. The molecule has 0 aromatic heterocycles. The second kappa shape index (κ2) is 6.65. The molecule has 1 unspecified atom stereocenters. The van der Waals surface area contributed by atoms with Crippen LogP contribution < -0.4 is 5.32 Å². The number of likely N-dealkylation sites (tertiary alicyclic amines) is 2. The van der Waals surface area contributed by atoms with Gasteiger partial charge < -0.3 is 15.0 Å². The van der Waals surface area contributed by atoms with Crippen LogP contribution in [0.1, 0.15) is 46.5 Å². The SMILES string of the molecule is CC(C)(C)OC(=O)N1CCC2(CCN(C3CCNCC3(F)F)CC2)C1. The third-order valence-corrected chi connectivity index (χ3v) is 5.83. The number of piperidine rings is 2. The maximum absolute atomic E-state index is 14.2. The van der Waals surface area contributed by atoms with Crippen molar-refractivity contribution in [2.24, 2.45) is 5.41 Å². The number of nitrogens with zero attached hydrogens (tertiary/aromatic N) is 2. The minimum atomic E-state index is -2.65. The zero-order valence-electron chi connectivity index (χ0n) is 15.6. The molecule has 5 nitrogen and oxygen atoms in total. The number of carbonyl (C=O) groups excluding carboxylic acids is 1. The second-order valence-electron chi connectivity index (χ2n) is 8.93. The molecule has 3 aliphatic rings. The number of carbonyl (C=O) groups is 1. The fourth-order valence-corrected chi connectivity index (χ4v) is 4.41. The minimum Gasteiger partial charge on any atom is -0.444 e. The fraction of sp³-hybridized carbons (Fsp3) is 0.944. The zero-order chi connectivity index (χ0) is 18.3. The Morgan fingerprint density at radius 3 is 2.40 bits per heavy atom. The molecule has 0 aromatic carbocycles. The van der Waals surface area contributed by atoms with Crippen LogP contribution in [0.3, 0.4) is 0 Å². The van der Waals surface area contributed by atoms with E-state index in [0.717, 1.165) is 19.3 Å². The van der Waals surface area contributed by atoms with Crippen molar-refractivity contribution >= 4 is 6.09 Å². The van der Waals surface area contributed by atoms with Crippen LogP contribution in [0.15, 0.2) is 0 Å². The molecule has 3 saturated heterocycles. The monoisotopic (exact) mass is 359 g/mol. The molecule has 1 N–H and O–H groups in total. The Hall–Kier alpha value is -0.950. The summed E-state index contributed by atoms with van der Waals surface area (Å²) in [7, 11) is 0. The van der Waals surface area contributed by atoms with Crippen LogP contribution in [-0.4, -0.2) is 72.7 Å². The van der Waals surface area contributed by atoms with Crippen molar-refractivity contribution in [3.63, 3.8) is 0 Å². The van der Waals surface area contributed by atoms with E-state index in [1.807, 2.05) is 25.7 Å². The van der Waals surface area contributed by atoms with Crippen LogP contribution in [-0.2, 0) is 4.74 Å². The molecule has 25 heavy (non-hydrogen) atoms. The summed E-state index contributed by atoms with van der Waals surface area (Å²) in [5, 5.41) is 2.79. The Morgan fingerprint density at radius 1 is 1.16 bits per heavy atom. The quantitative estimate of drug-likeness (QED) is 0.782. The standard InChI is InChI=1S/C18H31F2N3O2/c1-16(2,3)25-15(24)23-11-7-17(13-23)5-9-22(10-6-17)14-4-8-21-12-18(14,19)20/h14,21H,4-13H2,1-3H3. The Bertz CT molecular complexity index is 499. The smallest absolute Gasteiger partial charge is 0.410 e. The van der Waals surface area contributed by atoms with E-state index in [9.17, 15) is 13.6 Å². The summed E-state index contributed by atoms with van der Waals surface area (Å²) < 4.78 is 33.8. The molecule has 0 bridgehead atoms. The van der Waals surface area contributed by atoms with E-state index in [1.54, 1.807) is 4.90 Å². The summed E-state index contributed by atoms with van der Waals surface area (Å²) in [6.45, 7) is 8.85. The van der Waals surface area contributed by atoms with Crippen molar-refractivity contribution < 1.29 is 18.3 Å². The molecule has 1 atom stereocenters. The van der Waals surface area contributed by atoms with Crippen molar-refractivity contribution in [2.45, 2.75) is 64.0 Å². The second-order valence-corrected chi connectivity index (χ2v) is 8.93. The van der Waals surface area contributed by atoms with Gasteiger partial charge >= 0.3 is 6.09 Å². The van der Waals surface area contributed by atoms with Crippen molar-refractivity contribution in [1.29, 1.82) is 0 Å². The first kappa shape index (κ1) is 18.8. The van der Waals surface area contributed by atoms with Crippen molar-refractivity contribution in [2.75, 3.05) is 39.3 Å². The highest BCUT2D eigenvalue weighted by molar-refractivity contribution is 5.68. The van der Waals surface area contributed by atoms with E-state index in [1.165, 1.54) is 0 Å². The molecule has 0 radical (unpaired) electrons. The Labute approximate surface area is 149 Å². The molecule has 3 aliphatic heterocycles. The van der Waals surface area contributed by atoms with Crippen LogP contribution in [0.4, 0.5) is 13.6 Å². The van der Waals surface area contributed by atoms with Gasteiger partial charge in [-0.1, -0.05) is 0 Å². The van der Waals surface area contributed by atoms with Crippen LogP contribution in [0.2, 0.25) is 0 Å². The number of amides is 1. The summed E-state index contributed by atoms with van der Waals surface area (Å²) in [6.07, 6.45) is 2.96. The molecule has 3 heterocycles. The Morgan fingerprint density at radius 2 is 1.80 bits per heavy atom. The van der Waals surface area contributed by atoms with E-state index in [2.05, 4.69) is 5.32 Å². The predicted molar refractivity (Wildman–Crippen MR) is 91.9 cm³/mol. The first-order valence-corrected chi connectivity index (χ1v) is 9.41. The van der Waals surface area contributed by atoms with Gasteiger partial charge in [0.1, 0.15) is 5.60 Å². The van der Waals surface area contributed by atoms with Gasteiger partial charge in [0.25, 0.3) is 5.92 Å². The van der Waals surface area contributed by atoms with Gasteiger partial charge in [-0.05, 0) is 71.5 Å². The molecule has 0 saturated carbocycles. The van der Waals surface area contributed by atoms with Crippen LogP contribution in [0.5, 0.6) is 0 Å². The summed E-state index contributed by atoms with van der Waals surface area (Å²) in [4.78, 5) is 16.0. The van der Waals surface area contributed by atoms with E-state index < -0.39 is 17.6 Å². The van der Waals surface area contributed by atoms with Gasteiger partial charge in [-0.15, -0.1) is 0 Å². The van der Waals surface area contributed by atoms with Crippen molar-refractivity contribution in [1.82, 2.24) is 15.1 Å². The highest BCUT2D eigenvalue weighted by Gasteiger charge is 2.49. The number of rotatable bonds is 1. The number of hydrogen-bond acceptors (Lipinski definition) is 4. The molecule has 3 rings (SSSR count). The van der Waals surface area contributed by atoms with Gasteiger partial charge in [-0.25, -0.2) is 13.6 Å². The third-order valence-electron chi connectivity index (χ3n) is 5.83. The van der Waals surface area contributed by atoms with Gasteiger partial charge in [-0.2, -0.15) is 0 Å². The van der Waals surface area contributed by atoms with Crippen LogP contribution in [0.25, 0.3) is 0 Å². The third kappa shape index (κ3) is 4.25. The van der Waals surface area contributed by atoms with Gasteiger partial charge in [0.2, 0.25) is 0 Å². The number of alkyl halides is 2. The predicted octanol–water partition coefficient (Wildman–Crippen LogP) is 2.71. The lowest BCUT2D eigenvalue weighted by molar-refractivity contribution is -0.106. The van der Waals surface area contributed by atoms with E-state index >= 15 is 0 Å². The normalized spacial score (nSPS) is 29.8. The fourth-order valence-electron chi connectivity index (χ4n) is 4.41. The van der Waals surface area contributed by atoms with Gasteiger partial charge in [0.05, 0.1) is 12.6 Å². The molecule has 1 spiro atoms. The molecule has 0 aromatic rings. The number of nitrogens with one attached hydrogen (secondary N) is 1. The van der Waals surface area contributed by atoms with Crippen LogP contribution in [0, 0.1) is 5.41 Å². The number of ether oxygens (including phenoxy) is 1. The van der Waals surface area contributed by atoms with Crippen molar-refractivity contribution in [3.05, 3.63) is 0 Å². The lowest BCUT2D eigenvalue weighted by Crippen LogP contribution is -2.59. The van der Waals surface area contributed by atoms with Gasteiger partial charge in [0.15, 0.2) is 0 Å². The summed E-state index contributed by atoms with van der Waals surface area (Å²) in [6, 6.07) is -0.644. The summed E-state index contributed by atoms with van der Waals surface area (Å²) in [5.74, 6) is -2.65. The largest absolute Gasteiger partial charge is 0.444 e. The van der Waals surface area contributed by atoms with E-state index in [0.29, 0.717) is 39.1 Å². The topological polar surface area (TPSA) is 44.8 Å². The molecule has 144 valence electrons. The highest BCUT2D eigenvalue weighted by Crippen LogP contribution is 2.42. The number of halogens is 2. The van der Waals surface area contributed by atoms with E-state index in [-0.39, 0.29) is 18.1 Å². The molecule has 1 amide bonds. The Kier molecular flexibility index (Phi) is 5.01. The lowest BCUT2D eigenvalue weighted by atomic mass is 9.77. The maximum atomic E-state index is 14.2. The Balaban J connectivity index is 1.55. The summed E-state index contributed by atoms with van der Waals surface area (Å²) in [5.41, 5.74) is -0.410. The average Bonchev–Trinajstić information content (AvgIpc) is 2.91. The lowest BCUT2D eigenvalue weighted by Gasteiger charge is -2.46. The molecular formula is C18H31F2N3O2. The molecule has 0 aliphatic carbocycles. The van der Waals surface area contributed by atoms with Crippen LogP contribution >= 0.6 is 0 Å². The van der Waals surface area contributed by atoms with Gasteiger partial charge in [0, 0.05) is 13.1 Å². The van der Waals surface area contributed by atoms with Gasteiger partial charge in [-0.3, -0.25) is 4.90 Å². The van der Waals surface area contributed by atoms with E-state index in [4.69, 9.17) is 4.74 Å². The average molecular weight is 359 g/mol. The molecular weight excluding hydrogens is 328 g/mol. The maximum Gasteiger partial charge on any atom is 0.410 e. The minimum absolute atomic E-state index is 0.0790. The first-order valence-electron chi connectivity index (χ1n) is 9.41.